The van der Waals surface area contributed by atoms with Crippen LogP contribution in [-0.2, 0) is 16.1 Å². The van der Waals surface area contributed by atoms with Gasteiger partial charge in [0, 0.05) is 29.9 Å². The topological polar surface area (TPSA) is 91.7 Å². The minimum Gasteiger partial charge on any atom is -0.355 e. The van der Waals surface area contributed by atoms with E-state index in [4.69, 9.17) is 0 Å². The third-order valence-electron chi connectivity index (χ3n) is 4.06. The normalized spacial score (nSPS) is 11.4. The predicted molar refractivity (Wildman–Crippen MR) is 103 cm³/mol. The molecule has 0 bridgehead atoms. The van der Waals surface area contributed by atoms with Crippen LogP contribution in [0.3, 0.4) is 0 Å². The molecule has 0 saturated heterocycles. The number of hydrogen-bond donors (Lipinski definition) is 4. The molecule has 0 aliphatic carbocycles. The standard InChI is InChI=1S/C20H22F2N4O3/c1-23-20(29)14-5-3-13(4-6-14)11-26(2)12-19(28)24-10-18(27)25-15-7-8-16(21)17(22)9-15/h3-9H,10-12H2,1-2H3,(H,23,29)(H,24,28)(H,25,27)/p+1. The lowest BCUT2D eigenvalue weighted by atomic mass is 10.1. The van der Waals surface area contributed by atoms with E-state index in [0.29, 0.717) is 12.1 Å². The fraction of sp³-hybridized carbons (Fsp3) is 0.250. The molecule has 1 atom stereocenters. The van der Waals surface area contributed by atoms with Gasteiger partial charge in [-0.15, -0.1) is 0 Å². The van der Waals surface area contributed by atoms with Gasteiger partial charge in [0.1, 0.15) is 6.54 Å². The molecule has 0 aliphatic heterocycles. The second-order valence-corrected chi connectivity index (χ2v) is 6.54. The second-order valence-electron chi connectivity index (χ2n) is 6.54. The quantitative estimate of drug-likeness (QED) is 0.502. The van der Waals surface area contributed by atoms with Crippen molar-refractivity contribution in [1.82, 2.24) is 10.6 Å². The number of nitrogens with one attached hydrogen (secondary N) is 4. The third kappa shape index (κ3) is 6.96. The molecule has 2 aromatic rings. The van der Waals surface area contributed by atoms with Gasteiger partial charge in [-0.1, -0.05) is 12.1 Å². The van der Waals surface area contributed by atoms with Crippen LogP contribution in [0.2, 0.25) is 0 Å². The molecule has 4 N–H and O–H groups in total. The van der Waals surface area contributed by atoms with Crippen LogP contribution in [0.5, 0.6) is 0 Å². The van der Waals surface area contributed by atoms with Crippen molar-refractivity contribution in [3.63, 3.8) is 0 Å². The van der Waals surface area contributed by atoms with Crippen molar-refractivity contribution < 1.29 is 28.1 Å². The van der Waals surface area contributed by atoms with Crippen molar-refractivity contribution in [2.75, 3.05) is 32.5 Å². The smallest absolute Gasteiger partial charge is 0.275 e. The van der Waals surface area contributed by atoms with Crippen LogP contribution in [0.4, 0.5) is 14.5 Å². The summed E-state index contributed by atoms with van der Waals surface area (Å²) in [6.45, 7) is 0.407. The number of hydrogen-bond acceptors (Lipinski definition) is 3. The highest BCUT2D eigenvalue weighted by Gasteiger charge is 2.13. The zero-order valence-electron chi connectivity index (χ0n) is 16.1. The zero-order valence-corrected chi connectivity index (χ0v) is 16.1. The molecule has 0 heterocycles. The van der Waals surface area contributed by atoms with Crippen molar-refractivity contribution in [2.45, 2.75) is 6.54 Å². The molecule has 0 saturated carbocycles. The number of benzene rings is 2. The summed E-state index contributed by atoms with van der Waals surface area (Å²) in [6, 6.07) is 10.1. The molecule has 0 aromatic heterocycles. The summed E-state index contributed by atoms with van der Waals surface area (Å²) in [5.41, 5.74) is 1.61. The Morgan fingerprint density at radius 1 is 0.966 bits per heavy atom. The molecule has 2 rings (SSSR count). The highest BCUT2D eigenvalue weighted by molar-refractivity contribution is 5.94. The van der Waals surface area contributed by atoms with Gasteiger partial charge in [0.25, 0.3) is 11.8 Å². The van der Waals surface area contributed by atoms with E-state index >= 15 is 0 Å². The van der Waals surface area contributed by atoms with Crippen LogP contribution in [-0.4, -0.2) is 44.9 Å². The lowest BCUT2D eigenvalue weighted by molar-refractivity contribution is -0.885. The van der Waals surface area contributed by atoms with Gasteiger partial charge in [0.05, 0.1) is 13.6 Å². The number of quaternary nitrogens is 1. The van der Waals surface area contributed by atoms with E-state index in [1.165, 1.54) is 6.07 Å². The van der Waals surface area contributed by atoms with Crippen LogP contribution in [0.15, 0.2) is 42.5 Å². The number of amides is 3. The molecule has 0 fully saturated rings. The van der Waals surface area contributed by atoms with Gasteiger partial charge >= 0.3 is 0 Å². The van der Waals surface area contributed by atoms with E-state index in [1.807, 2.05) is 19.2 Å². The number of anilines is 1. The molecule has 1 unspecified atom stereocenters. The van der Waals surface area contributed by atoms with Crippen molar-refractivity contribution in [1.29, 1.82) is 0 Å². The Balaban J connectivity index is 1.75. The van der Waals surface area contributed by atoms with E-state index in [9.17, 15) is 23.2 Å². The van der Waals surface area contributed by atoms with Gasteiger partial charge in [-0.2, -0.15) is 0 Å². The molecule has 154 valence electrons. The first-order chi connectivity index (χ1) is 13.8. The maximum atomic E-state index is 13.1. The Kier molecular flexibility index (Phi) is 7.79. The van der Waals surface area contributed by atoms with Gasteiger partial charge in [-0.3, -0.25) is 14.4 Å². The largest absolute Gasteiger partial charge is 0.355 e. The molecule has 9 heteroatoms. The van der Waals surface area contributed by atoms with Gasteiger partial charge in [-0.05, 0) is 24.3 Å². The Hall–Kier alpha value is -3.33. The first-order valence-electron chi connectivity index (χ1n) is 8.92. The SMILES string of the molecule is CNC(=O)c1ccc(C[NH+](C)CC(=O)NCC(=O)Nc2ccc(F)c(F)c2)cc1. The molecule has 0 spiro atoms. The number of carbonyl (C=O) groups is 3. The third-order valence-corrected chi connectivity index (χ3v) is 4.06. The Bertz CT molecular complexity index is 888. The number of likely N-dealkylation sites (N-methyl/N-ethyl adjacent to an activating group) is 1. The fourth-order valence-corrected chi connectivity index (χ4v) is 2.62. The first kappa shape index (κ1) is 22.0. The van der Waals surface area contributed by atoms with E-state index in [0.717, 1.165) is 22.6 Å². The number of carbonyl (C=O) groups excluding carboxylic acids is 3. The molecule has 0 aliphatic rings. The summed E-state index contributed by atoms with van der Waals surface area (Å²) in [5, 5.41) is 7.41. The lowest BCUT2D eigenvalue weighted by Gasteiger charge is -2.14. The van der Waals surface area contributed by atoms with Gasteiger partial charge in [-0.25, -0.2) is 8.78 Å². The van der Waals surface area contributed by atoms with Crippen LogP contribution in [0, 0.1) is 11.6 Å². The fourth-order valence-electron chi connectivity index (χ4n) is 2.62. The highest BCUT2D eigenvalue weighted by Crippen LogP contribution is 2.12. The van der Waals surface area contributed by atoms with Gasteiger partial charge < -0.3 is 20.9 Å². The average molecular weight is 405 g/mol. The monoisotopic (exact) mass is 405 g/mol. The van der Waals surface area contributed by atoms with E-state index in [1.54, 1.807) is 19.2 Å². The summed E-state index contributed by atoms with van der Waals surface area (Å²) in [6.07, 6.45) is 0. The number of rotatable bonds is 8. The van der Waals surface area contributed by atoms with Crippen LogP contribution >= 0.6 is 0 Å². The summed E-state index contributed by atoms with van der Waals surface area (Å²) in [4.78, 5) is 36.2. The Labute approximate surface area is 167 Å². The van der Waals surface area contributed by atoms with Crippen LogP contribution in [0.1, 0.15) is 15.9 Å². The first-order valence-corrected chi connectivity index (χ1v) is 8.92. The Morgan fingerprint density at radius 2 is 1.66 bits per heavy atom. The molecule has 2 aromatic carbocycles. The average Bonchev–Trinajstić information content (AvgIpc) is 2.69. The van der Waals surface area contributed by atoms with Crippen molar-refractivity contribution in [3.05, 3.63) is 65.2 Å². The van der Waals surface area contributed by atoms with Crippen LogP contribution in [0.25, 0.3) is 0 Å². The summed E-state index contributed by atoms with van der Waals surface area (Å²) in [7, 11) is 3.39. The molecular weight excluding hydrogens is 382 g/mol. The summed E-state index contributed by atoms with van der Waals surface area (Å²) < 4.78 is 26.0. The summed E-state index contributed by atoms with van der Waals surface area (Å²) >= 11 is 0. The van der Waals surface area contributed by atoms with Gasteiger partial charge in [0.15, 0.2) is 18.2 Å². The number of halogens is 2. The minimum atomic E-state index is -1.07. The van der Waals surface area contributed by atoms with Crippen molar-refractivity contribution >= 4 is 23.4 Å². The lowest BCUT2D eigenvalue weighted by Crippen LogP contribution is -3.08. The van der Waals surface area contributed by atoms with Gasteiger partial charge in [0.2, 0.25) is 5.91 Å². The summed E-state index contributed by atoms with van der Waals surface area (Å²) in [5.74, 6) is -3.12. The molecule has 7 nitrogen and oxygen atoms in total. The highest BCUT2D eigenvalue weighted by atomic mass is 19.2. The molecule has 0 radical (unpaired) electrons. The molecule has 29 heavy (non-hydrogen) atoms. The zero-order chi connectivity index (χ0) is 21.4. The van der Waals surface area contributed by atoms with E-state index in [2.05, 4.69) is 16.0 Å². The molecular formula is C20H23F2N4O3+. The van der Waals surface area contributed by atoms with Crippen molar-refractivity contribution in [2.24, 2.45) is 0 Å². The minimum absolute atomic E-state index is 0.103. The maximum Gasteiger partial charge on any atom is 0.275 e. The van der Waals surface area contributed by atoms with Crippen molar-refractivity contribution in [3.8, 4) is 0 Å². The predicted octanol–water partition coefficient (Wildman–Crippen LogP) is 0.0940. The van der Waals surface area contributed by atoms with E-state index < -0.39 is 17.5 Å². The van der Waals surface area contributed by atoms with Crippen LogP contribution < -0.4 is 20.9 Å². The van der Waals surface area contributed by atoms with E-state index in [-0.39, 0.29) is 30.6 Å². The molecule has 3 amide bonds. The maximum absolute atomic E-state index is 13.1. The second kappa shape index (κ2) is 10.3. The Morgan fingerprint density at radius 3 is 2.28 bits per heavy atom.